The summed E-state index contributed by atoms with van der Waals surface area (Å²) < 4.78 is 0. The number of anilines is 1. The van der Waals surface area contributed by atoms with Gasteiger partial charge in [0.15, 0.2) is 0 Å². The van der Waals surface area contributed by atoms with Gasteiger partial charge in [0, 0.05) is 35.8 Å². The van der Waals surface area contributed by atoms with Crippen molar-refractivity contribution in [3.8, 4) is 0 Å². The fourth-order valence-corrected chi connectivity index (χ4v) is 3.76. The molecule has 0 amide bonds. The summed E-state index contributed by atoms with van der Waals surface area (Å²) in [5.74, 6) is 1.55. The van der Waals surface area contributed by atoms with Crippen LogP contribution in [0.15, 0.2) is 23.1 Å². The fourth-order valence-electron chi connectivity index (χ4n) is 3.11. The lowest BCUT2D eigenvalue weighted by molar-refractivity contribution is 0.356. The smallest absolute Gasteiger partial charge is 0.0423 e. The van der Waals surface area contributed by atoms with Crippen LogP contribution in [0.3, 0.4) is 0 Å². The third kappa shape index (κ3) is 2.83. The predicted octanol–water partition coefficient (Wildman–Crippen LogP) is 3.35. The molecule has 0 saturated carbocycles. The van der Waals surface area contributed by atoms with E-state index in [0.717, 1.165) is 24.9 Å². The zero-order valence-corrected chi connectivity index (χ0v) is 12.5. The Morgan fingerprint density at radius 1 is 1.28 bits per heavy atom. The summed E-state index contributed by atoms with van der Waals surface area (Å²) in [6, 6.07) is 6.56. The Morgan fingerprint density at radius 3 is 2.50 bits per heavy atom. The topological polar surface area (TPSA) is 29.3 Å². The number of piperidine rings is 1. The number of hydrogen-bond acceptors (Lipinski definition) is 3. The van der Waals surface area contributed by atoms with Gasteiger partial charge in [0.05, 0.1) is 0 Å². The highest BCUT2D eigenvalue weighted by atomic mass is 32.2. The molecule has 1 heterocycles. The Morgan fingerprint density at radius 2 is 1.94 bits per heavy atom. The molecule has 0 radical (unpaired) electrons. The van der Waals surface area contributed by atoms with Gasteiger partial charge in [0.1, 0.15) is 0 Å². The van der Waals surface area contributed by atoms with Crippen molar-refractivity contribution >= 4 is 17.4 Å². The van der Waals surface area contributed by atoms with Crippen LogP contribution in [0.2, 0.25) is 0 Å². The summed E-state index contributed by atoms with van der Waals surface area (Å²) >= 11 is 1.79. The molecule has 100 valence electrons. The largest absolute Gasteiger partial charge is 0.371 e. The molecule has 0 bridgehead atoms. The summed E-state index contributed by atoms with van der Waals surface area (Å²) in [4.78, 5) is 3.85. The number of thioether (sulfide) groups is 1. The van der Waals surface area contributed by atoms with Crippen LogP contribution in [-0.4, -0.2) is 19.3 Å². The van der Waals surface area contributed by atoms with Crippen LogP contribution in [0.1, 0.15) is 25.8 Å². The van der Waals surface area contributed by atoms with Gasteiger partial charge in [-0.3, -0.25) is 0 Å². The zero-order valence-electron chi connectivity index (χ0n) is 11.6. The van der Waals surface area contributed by atoms with E-state index in [2.05, 4.69) is 43.2 Å². The fraction of sp³-hybridized carbons (Fsp3) is 0.600. The second kappa shape index (κ2) is 5.98. The highest BCUT2D eigenvalue weighted by molar-refractivity contribution is 7.98. The minimum absolute atomic E-state index is 0.631. The molecular formula is C15H24N2S. The summed E-state index contributed by atoms with van der Waals surface area (Å²) in [6.07, 6.45) is 3.47. The Hall–Kier alpha value is -0.670. The second-order valence-electron chi connectivity index (χ2n) is 5.51. The van der Waals surface area contributed by atoms with E-state index >= 15 is 0 Å². The minimum Gasteiger partial charge on any atom is -0.371 e. The molecule has 1 saturated heterocycles. The van der Waals surface area contributed by atoms with Gasteiger partial charge in [0.25, 0.3) is 0 Å². The molecule has 2 atom stereocenters. The first-order chi connectivity index (χ1) is 8.65. The highest BCUT2D eigenvalue weighted by Gasteiger charge is 2.23. The van der Waals surface area contributed by atoms with Crippen molar-refractivity contribution in [3.05, 3.63) is 23.8 Å². The predicted molar refractivity (Wildman–Crippen MR) is 81.3 cm³/mol. The van der Waals surface area contributed by atoms with Crippen molar-refractivity contribution in [2.24, 2.45) is 17.6 Å². The quantitative estimate of drug-likeness (QED) is 0.849. The molecule has 2 nitrogen and oxygen atoms in total. The summed E-state index contributed by atoms with van der Waals surface area (Å²) in [5.41, 5.74) is 8.62. The Labute approximate surface area is 115 Å². The summed E-state index contributed by atoms with van der Waals surface area (Å²) in [6.45, 7) is 7.66. The van der Waals surface area contributed by atoms with Gasteiger partial charge in [-0.05, 0) is 36.6 Å². The van der Waals surface area contributed by atoms with Crippen molar-refractivity contribution in [1.82, 2.24) is 0 Å². The standard InChI is InChI=1S/C15H24N2S/c1-11-7-12(2)10-17(9-11)14-5-4-6-15(18-3)13(14)8-16/h4-6,11-12H,7-10,16H2,1-3H3. The van der Waals surface area contributed by atoms with Crippen LogP contribution in [0.25, 0.3) is 0 Å². The van der Waals surface area contributed by atoms with Gasteiger partial charge in [-0.15, -0.1) is 11.8 Å². The first-order valence-electron chi connectivity index (χ1n) is 6.76. The molecule has 1 aliphatic rings. The van der Waals surface area contributed by atoms with Crippen LogP contribution in [0, 0.1) is 11.8 Å². The number of rotatable bonds is 3. The van der Waals surface area contributed by atoms with Crippen molar-refractivity contribution in [2.45, 2.75) is 31.7 Å². The molecule has 1 aromatic rings. The monoisotopic (exact) mass is 264 g/mol. The average molecular weight is 264 g/mol. The maximum atomic E-state index is 5.96. The summed E-state index contributed by atoms with van der Waals surface area (Å²) in [5, 5.41) is 0. The van der Waals surface area contributed by atoms with Gasteiger partial charge < -0.3 is 10.6 Å². The lowest BCUT2D eigenvalue weighted by atomic mass is 9.91. The number of hydrogen-bond donors (Lipinski definition) is 1. The first-order valence-corrected chi connectivity index (χ1v) is 7.99. The van der Waals surface area contributed by atoms with E-state index < -0.39 is 0 Å². The Balaban J connectivity index is 2.32. The normalized spacial score (nSPS) is 24.3. The molecule has 2 N–H and O–H groups in total. The molecule has 2 rings (SSSR count). The maximum absolute atomic E-state index is 5.96. The molecule has 2 unspecified atom stereocenters. The minimum atomic E-state index is 0.631. The zero-order chi connectivity index (χ0) is 13.1. The Bertz CT molecular complexity index is 395. The second-order valence-corrected chi connectivity index (χ2v) is 6.36. The number of nitrogens with zero attached hydrogens (tertiary/aromatic N) is 1. The lowest BCUT2D eigenvalue weighted by Crippen LogP contribution is -2.39. The van der Waals surface area contributed by atoms with Gasteiger partial charge in [-0.25, -0.2) is 0 Å². The van der Waals surface area contributed by atoms with Gasteiger partial charge in [0.2, 0.25) is 0 Å². The van der Waals surface area contributed by atoms with Crippen LogP contribution in [0.5, 0.6) is 0 Å². The van der Waals surface area contributed by atoms with Crippen molar-refractivity contribution in [1.29, 1.82) is 0 Å². The number of benzene rings is 1. The van der Waals surface area contributed by atoms with Crippen LogP contribution in [-0.2, 0) is 6.54 Å². The van der Waals surface area contributed by atoms with Gasteiger partial charge in [-0.1, -0.05) is 19.9 Å². The number of nitrogens with two attached hydrogens (primary N) is 1. The van der Waals surface area contributed by atoms with Gasteiger partial charge >= 0.3 is 0 Å². The van der Waals surface area contributed by atoms with Crippen LogP contribution in [0.4, 0.5) is 5.69 Å². The molecule has 0 aromatic heterocycles. The van der Waals surface area contributed by atoms with Crippen molar-refractivity contribution in [2.75, 3.05) is 24.2 Å². The van der Waals surface area contributed by atoms with E-state index in [4.69, 9.17) is 5.73 Å². The Kier molecular flexibility index (Phi) is 4.57. The van der Waals surface area contributed by atoms with Crippen molar-refractivity contribution < 1.29 is 0 Å². The molecule has 18 heavy (non-hydrogen) atoms. The maximum Gasteiger partial charge on any atom is 0.0423 e. The highest BCUT2D eigenvalue weighted by Crippen LogP contribution is 2.33. The van der Waals surface area contributed by atoms with Crippen LogP contribution >= 0.6 is 11.8 Å². The molecule has 0 aliphatic carbocycles. The molecular weight excluding hydrogens is 240 g/mol. The third-order valence-electron chi connectivity index (χ3n) is 3.74. The van der Waals surface area contributed by atoms with E-state index in [-0.39, 0.29) is 0 Å². The van der Waals surface area contributed by atoms with Gasteiger partial charge in [-0.2, -0.15) is 0 Å². The van der Waals surface area contributed by atoms with Crippen LogP contribution < -0.4 is 10.6 Å². The van der Waals surface area contributed by atoms with E-state index in [1.54, 1.807) is 11.8 Å². The van der Waals surface area contributed by atoms with E-state index in [1.165, 1.54) is 22.6 Å². The van der Waals surface area contributed by atoms with E-state index in [0.29, 0.717) is 6.54 Å². The van der Waals surface area contributed by atoms with Crippen molar-refractivity contribution in [3.63, 3.8) is 0 Å². The molecule has 1 fully saturated rings. The first kappa shape index (κ1) is 13.8. The lowest BCUT2D eigenvalue weighted by Gasteiger charge is -2.38. The molecule has 1 aliphatic heterocycles. The van der Waals surface area contributed by atoms with E-state index in [1.807, 2.05) is 0 Å². The van der Waals surface area contributed by atoms with E-state index in [9.17, 15) is 0 Å². The molecule has 1 aromatic carbocycles. The summed E-state index contributed by atoms with van der Waals surface area (Å²) in [7, 11) is 0. The third-order valence-corrected chi connectivity index (χ3v) is 4.56. The molecule has 3 heteroatoms. The molecule has 0 spiro atoms. The average Bonchev–Trinajstić information content (AvgIpc) is 2.36. The SMILES string of the molecule is CSc1cccc(N2CC(C)CC(C)C2)c1CN.